The Balaban J connectivity index is 1.84. The highest BCUT2D eigenvalue weighted by atomic mass is 14.8. The summed E-state index contributed by atoms with van der Waals surface area (Å²) in [6.45, 7) is 7.66. The van der Waals surface area contributed by atoms with Gasteiger partial charge in [-0.25, -0.2) is 0 Å². The standard InChI is InChI=1S/C17H19N/c1-3-15-8-10-17(11-9-15)13-18-12-16-6-4-14(2)5-7-16/h3-11,18H,1,12-13H2,2H3. The van der Waals surface area contributed by atoms with Gasteiger partial charge in [0.25, 0.3) is 0 Å². The largest absolute Gasteiger partial charge is 0.309 e. The molecule has 0 atom stereocenters. The quantitative estimate of drug-likeness (QED) is 0.831. The molecule has 2 rings (SSSR count). The van der Waals surface area contributed by atoms with Crippen molar-refractivity contribution in [2.45, 2.75) is 20.0 Å². The van der Waals surface area contributed by atoms with E-state index in [1.54, 1.807) is 0 Å². The monoisotopic (exact) mass is 237 g/mol. The molecule has 1 heteroatoms. The van der Waals surface area contributed by atoms with E-state index in [0.29, 0.717) is 0 Å². The van der Waals surface area contributed by atoms with Crippen LogP contribution in [0.2, 0.25) is 0 Å². The van der Waals surface area contributed by atoms with Gasteiger partial charge in [-0.2, -0.15) is 0 Å². The first-order valence-corrected chi connectivity index (χ1v) is 6.25. The molecule has 92 valence electrons. The summed E-state index contributed by atoms with van der Waals surface area (Å²) in [5, 5.41) is 3.45. The minimum absolute atomic E-state index is 0.894. The zero-order chi connectivity index (χ0) is 12.8. The normalized spacial score (nSPS) is 10.3. The van der Waals surface area contributed by atoms with Crippen LogP contribution in [0.1, 0.15) is 22.3 Å². The zero-order valence-electron chi connectivity index (χ0n) is 10.8. The molecule has 0 fully saturated rings. The fraction of sp³-hybridized carbons (Fsp3) is 0.176. The zero-order valence-corrected chi connectivity index (χ0v) is 10.8. The summed E-state index contributed by atoms with van der Waals surface area (Å²) in [4.78, 5) is 0. The Kier molecular flexibility index (Phi) is 4.32. The maximum Gasteiger partial charge on any atom is 0.0208 e. The molecule has 0 aliphatic heterocycles. The summed E-state index contributed by atoms with van der Waals surface area (Å²) in [5.41, 5.74) is 5.09. The van der Waals surface area contributed by atoms with Crippen LogP contribution in [0.25, 0.3) is 6.08 Å². The van der Waals surface area contributed by atoms with Crippen LogP contribution >= 0.6 is 0 Å². The van der Waals surface area contributed by atoms with Crippen molar-refractivity contribution in [3.63, 3.8) is 0 Å². The number of nitrogens with one attached hydrogen (secondary N) is 1. The van der Waals surface area contributed by atoms with E-state index in [0.717, 1.165) is 18.7 Å². The van der Waals surface area contributed by atoms with Crippen LogP contribution in [0.5, 0.6) is 0 Å². The van der Waals surface area contributed by atoms with E-state index >= 15 is 0 Å². The molecule has 0 unspecified atom stereocenters. The molecule has 0 spiro atoms. The Morgan fingerprint density at radius 1 is 0.889 bits per heavy atom. The summed E-state index contributed by atoms with van der Waals surface area (Å²) < 4.78 is 0. The van der Waals surface area contributed by atoms with E-state index in [2.05, 4.69) is 67.4 Å². The van der Waals surface area contributed by atoms with E-state index in [1.807, 2.05) is 6.08 Å². The second-order valence-corrected chi connectivity index (χ2v) is 4.53. The van der Waals surface area contributed by atoms with Crippen LogP contribution in [-0.4, -0.2) is 0 Å². The minimum atomic E-state index is 0.894. The molecule has 0 bridgehead atoms. The second-order valence-electron chi connectivity index (χ2n) is 4.53. The minimum Gasteiger partial charge on any atom is -0.309 e. The van der Waals surface area contributed by atoms with Crippen molar-refractivity contribution < 1.29 is 0 Å². The number of hydrogen-bond acceptors (Lipinski definition) is 1. The molecule has 0 radical (unpaired) electrons. The smallest absolute Gasteiger partial charge is 0.0208 e. The first-order chi connectivity index (χ1) is 8.78. The first kappa shape index (κ1) is 12.6. The molecule has 18 heavy (non-hydrogen) atoms. The summed E-state index contributed by atoms with van der Waals surface area (Å²) in [6, 6.07) is 17.1. The maximum absolute atomic E-state index is 3.75. The van der Waals surface area contributed by atoms with Crippen LogP contribution in [-0.2, 0) is 13.1 Å². The fourth-order valence-electron chi connectivity index (χ4n) is 1.83. The highest BCUT2D eigenvalue weighted by molar-refractivity contribution is 5.47. The first-order valence-electron chi connectivity index (χ1n) is 6.25. The van der Waals surface area contributed by atoms with Crippen LogP contribution < -0.4 is 5.32 Å². The van der Waals surface area contributed by atoms with Gasteiger partial charge < -0.3 is 5.32 Å². The Morgan fingerprint density at radius 2 is 1.39 bits per heavy atom. The van der Waals surface area contributed by atoms with Crippen molar-refractivity contribution in [3.05, 3.63) is 77.4 Å². The summed E-state index contributed by atoms with van der Waals surface area (Å²) in [7, 11) is 0. The summed E-state index contributed by atoms with van der Waals surface area (Å²) in [6.07, 6.45) is 1.86. The van der Waals surface area contributed by atoms with Crippen LogP contribution in [0, 0.1) is 6.92 Å². The van der Waals surface area contributed by atoms with Gasteiger partial charge in [0.2, 0.25) is 0 Å². The lowest BCUT2D eigenvalue weighted by atomic mass is 10.1. The average molecular weight is 237 g/mol. The summed E-state index contributed by atoms with van der Waals surface area (Å²) in [5.74, 6) is 0. The molecular formula is C17H19N. The molecule has 1 nitrogen and oxygen atoms in total. The number of aryl methyl sites for hydroxylation is 1. The van der Waals surface area contributed by atoms with Crippen molar-refractivity contribution in [3.8, 4) is 0 Å². The molecule has 0 aliphatic carbocycles. The van der Waals surface area contributed by atoms with Gasteiger partial charge in [0.1, 0.15) is 0 Å². The van der Waals surface area contributed by atoms with Gasteiger partial charge in [0.15, 0.2) is 0 Å². The van der Waals surface area contributed by atoms with Crippen molar-refractivity contribution in [1.29, 1.82) is 0 Å². The van der Waals surface area contributed by atoms with E-state index < -0.39 is 0 Å². The Bertz CT molecular complexity index is 494. The lowest BCUT2D eigenvalue weighted by Crippen LogP contribution is -2.12. The predicted octanol–water partition coefficient (Wildman–Crippen LogP) is 3.93. The molecule has 2 aromatic rings. The molecule has 0 aliphatic rings. The number of benzene rings is 2. The second kappa shape index (κ2) is 6.18. The Morgan fingerprint density at radius 3 is 1.89 bits per heavy atom. The van der Waals surface area contributed by atoms with Crippen LogP contribution in [0.15, 0.2) is 55.1 Å². The van der Waals surface area contributed by atoms with Gasteiger partial charge in [-0.15, -0.1) is 0 Å². The molecule has 1 N–H and O–H groups in total. The van der Waals surface area contributed by atoms with E-state index in [4.69, 9.17) is 0 Å². The fourth-order valence-corrected chi connectivity index (χ4v) is 1.83. The van der Waals surface area contributed by atoms with Crippen molar-refractivity contribution in [2.75, 3.05) is 0 Å². The van der Waals surface area contributed by atoms with Crippen LogP contribution in [0.3, 0.4) is 0 Å². The van der Waals surface area contributed by atoms with Crippen molar-refractivity contribution in [2.24, 2.45) is 0 Å². The highest BCUT2D eigenvalue weighted by Crippen LogP contribution is 2.06. The Hall–Kier alpha value is -1.86. The number of rotatable bonds is 5. The molecule has 0 amide bonds. The third-order valence-corrected chi connectivity index (χ3v) is 2.99. The van der Waals surface area contributed by atoms with Gasteiger partial charge in [-0.3, -0.25) is 0 Å². The van der Waals surface area contributed by atoms with E-state index in [-0.39, 0.29) is 0 Å². The van der Waals surface area contributed by atoms with Crippen LogP contribution in [0.4, 0.5) is 0 Å². The number of hydrogen-bond donors (Lipinski definition) is 1. The molecule has 0 aromatic heterocycles. The maximum atomic E-state index is 3.75. The Labute approximate surface area is 109 Å². The summed E-state index contributed by atoms with van der Waals surface area (Å²) >= 11 is 0. The van der Waals surface area contributed by atoms with E-state index in [9.17, 15) is 0 Å². The molecular weight excluding hydrogens is 218 g/mol. The third-order valence-electron chi connectivity index (χ3n) is 2.99. The molecule has 0 saturated heterocycles. The molecule has 0 saturated carbocycles. The molecule has 0 heterocycles. The predicted molar refractivity (Wildman–Crippen MR) is 78.3 cm³/mol. The third kappa shape index (κ3) is 3.57. The van der Waals surface area contributed by atoms with E-state index in [1.165, 1.54) is 16.7 Å². The van der Waals surface area contributed by atoms with Gasteiger partial charge in [0.05, 0.1) is 0 Å². The average Bonchev–Trinajstić information content (AvgIpc) is 2.42. The lowest BCUT2D eigenvalue weighted by Gasteiger charge is -2.06. The van der Waals surface area contributed by atoms with Gasteiger partial charge in [-0.05, 0) is 23.6 Å². The van der Waals surface area contributed by atoms with Gasteiger partial charge in [0, 0.05) is 13.1 Å². The van der Waals surface area contributed by atoms with Gasteiger partial charge in [-0.1, -0.05) is 66.7 Å². The molecule has 2 aromatic carbocycles. The van der Waals surface area contributed by atoms with Crippen molar-refractivity contribution in [1.82, 2.24) is 5.32 Å². The van der Waals surface area contributed by atoms with Crippen molar-refractivity contribution >= 4 is 6.08 Å². The van der Waals surface area contributed by atoms with Gasteiger partial charge >= 0.3 is 0 Å². The highest BCUT2D eigenvalue weighted by Gasteiger charge is 1.94. The SMILES string of the molecule is C=Cc1ccc(CNCc2ccc(C)cc2)cc1. The lowest BCUT2D eigenvalue weighted by molar-refractivity contribution is 0.693. The topological polar surface area (TPSA) is 12.0 Å².